The van der Waals surface area contributed by atoms with Crippen LogP contribution < -0.4 is 16.1 Å². The first-order chi connectivity index (χ1) is 9.86. The van der Waals surface area contributed by atoms with Gasteiger partial charge in [0.1, 0.15) is 11.3 Å². The summed E-state index contributed by atoms with van der Waals surface area (Å²) in [7, 11) is 0. The molecule has 0 unspecified atom stereocenters. The summed E-state index contributed by atoms with van der Waals surface area (Å²) in [5.41, 5.74) is 4.64. The van der Waals surface area contributed by atoms with Crippen molar-refractivity contribution in [1.29, 1.82) is 0 Å². The lowest BCUT2D eigenvalue weighted by molar-refractivity contribution is -0.409. The molecular formula is C16H20NO4+. The number of carbonyl (C=O) groups excluding carboxylic acids is 1. The predicted octanol–water partition coefficient (Wildman–Crippen LogP) is 1.66. The topological polar surface area (TPSA) is 84.2 Å². The van der Waals surface area contributed by atoms with Crippen molar-refractivity contribution >= 4 is 16.9 Å². The molecule has 3 N–H and O–H groups in total. The summed E-state index contributed by atoms with van der Waals surface area (Å²) >= 11 is 0. The van der Waals surface area contributed by atoms with Crippen molar-refractivity contribution in [2.75, 3.05) is 0 Å². The summed E-state index contributed by atoms with van der Waals surface area (Å²) in [5.74, 6) is 0.356. The molecule has 0 saturated carbocycles. The van der Waals surface area contributed by atoms with Gasteiger partial charge in [-0.05, 0) is 30.5 Å². The molecule has 0 aliphatic carbocycles. The van der Waals surface area contributed by atoms with Crippen LogP contribution in [0.5, 0.6) is 5.75 Å². The molecular weight excluding hydrogens is 270 g/mol. The quantitative estimate of drug-likeness (QED) is 0.527. The standard InChI is InChI=1S/C16H19NO4/c1-9(2)6-13(17)16(19)20-11-4-5-12-10(3)7-15(18)21-14(12)8-11/h4-5,7-9,13H,6,17H2,1-3H3/p+1/t13-/m1/s1. The molecule has 2 rings (SSSR count). The average molecular weight is 290 g/mol. The zero-order valence-corrected chi connectivity index (χ0v) is 12.5. The number of carbonyl (C=O) groups is 1. The Morgan fingerprint density at radius 1 is 1.33 bits per heavy atom. The van der Waals surface area contributed by atoms with Gasteiger partial charge in [-0.2, -0.15) is 0 Å². The Kier molecular flexibility index (Phi) is 4.43. The van der Waals surface area contributed by atoms with E-state index in [4.69, 9.17) is 9.15 Å². The Balaban J connectivity index is 2.23. The van der Waals surface area contributed by atoms with Gasteiger partial charge in [0, 0.05) is 23.9 Å². The molecule has 2 aromatic rings. The highest BCUT2D eigenvalue weighted by Gasteiger charge is 2.21. The van der Waals surface area contributed by atoms with E-state index in [-0.39, 0.29) is 5.97 Å². The first kappa shape index (κ1) is 15.3. The molecule has 1 aromatic carbocycles. The molecule has 21 heavy (non-hydrogen) atoms. The number of esters is 1. The van der Waals surface area contributed by atoms with E-state index in [0.717, 1.165) is 10.9 Å². The summed E-state index contributed by atoms with van der Waals surface area (Å²) in [6.45, 7) is 5.89. The van der Waals surface area contributed by atoms with Crippen molar-refractivity contribution in [2.45, 2.75) is 33.2 Å². The minimum Gasteiger partial charge on any atom is -0.423 e. The van der Waals surface area contributed by atoms with E-state index in [1.54, 1.807) is 18.2 Å². The van der Waals surface area contributed by atoms with E-state index in [2.05, 4.69) is 5.73 Å². The predicted molar refractivity (Wildman–Crippen MR) is 79.0 cm³/mol. The molecule has 0 amide bonds. The van der Waals surface area contributed by atoms with Crippen LogP contribution in [0, 0.1) is 12.8 Å². The third-order valence-electron chi connectivity index (χ3n) is 3.23. The van der Waals surface area contributed by atoms with Crippen LogP contribution in [0.1, 0.15) is 25.8 Å². The molecule has 0 fully saturated rings. The van der Waals surface area contributed by atoms with E-state index in [9.17, 15) is 9.59 Å². The highest BCUT2D eigenvalue weighted by Crippen LogP contribution is 2.22. The summed E-state index contributed by atoms with van der Waals surface area (Å²) in [4.78, 5) is 23.3. The van der Waals surface area contributed by atoms with E-state index < -0.39 is 11.7 Å². The zero-order valence-electron chi connectivity index (χ0n) is 12.5. The first-order valence-electron chi connectivity index (χ1n) is 6.96. The number of benzene rings is 1. The molecule has 1 heterocycles. The van der Waals surface area contributed by atoms with Gasteiger partial charge in [-0.3, -0.25) is 0 Å². The van der Waals surface area contributed by atoms with Crippen LogP contribution in [-0.2, 0) is 4.79 Å². The molecule has 0 bridgehead atoms. The van der Waals surface area contributed by atoms with E-state index in [1.165, 1.54) is 6.07 Å². The molecule has 1 aromatic heterocycles. The van der Waals surface area contributed by atoms with Crippen LogP contribution in [0.25, 0.3) is 11.0 Å². The second-order valence-corrected chi connectivity index (χ2v) is 5.65. The van der Waals surface area contributed by atoms with Crippen LogP contribution in [0.3, 0.4) is 0 Å². The first-order valence-corrected chi connectivity index (χ1v) is 6.96. The maximum Gasteiger partial charge on any atom is 0.370 e. The molecule has 0 aliphatic heterocycles. The zero-order chi connectivity index (χ0) is 15.6. The number of hydrogen-bond acceptors (Lipinski definition) is 4. The Labute approximate surface area is 122 Å². The summed E-state index contributed by atoms with van der Waals surface area (Å²) in [6.07, 6.45) is 0.667. The van der Waals surface area contributed by atoms with Crippen molar-refractivity contribution in [3.8, 4) is 5.75 Å². The highest BCUT2D eigenvalue weighted by atomic mass is 16.5. The van der Waals surface area contributed by atoms with Gasteiger partial charge in [0.2, 0.25) is 0 Å². The van der Waals surface area contributed by atoms with Gasteiger partial charge in [-0.1, -0.05) is 13.8 Å². The van der Waals surface area contributed by atoms with Crippen molar-refractivity contribution < 1.29 is 19.7 Å². The largest absolute Gasteiger partial charge is 0.423 e. The minimum atomic E-state index is -0.418. The van der Waals surface area contributed by atoms with Gasteiger partial charge < -0.3 is 14.9 Å². The molecule has 112 valence electrons. The van der Waals surface area contributed by atoms with Crippen LogP contribution in [0.4, 0.5) is 0 Å². The number of quaternary nitrogens is 1. The fraction of sp³-hybridized carbons (Fsp3) is 0.375. The van der Waals surface area contributed by atoms with Crippen molar-refractivity contribution in [2.24, 2.45) is 5.92 Å². The molecule has 5 heteroatoms. The number of ether oxygens (including phenoxy) is 1. The maximum atomic E-state index is 11.9. The van der Waals surface area contributed by atoms with E-state index in [0.29, 0.717) is 23.7 Å². The summed E-state index contributed by atoms with van der Waals surface area (Å²) < 4.78 is 10.4. The molecule has 1 atom stereocenters. The number of hydrogen-bond donors (Lipinski definition) is 1. The molecule has 0 saturated heterocycles. The van der Waals surface area contributed by atoms with Crippen LogP contribution in [0.15, 0.2) is 33.5 Å². The average Bonchev–Trinajstić information content (AvgIpc) is 2.37. The molecule has 0 radical (unpaired) electrons. The van der Waals surface area contributed by atoms with Crippen LogP contribution >= 0.6 is 0 Å². The van der Waals surface area contributed by atoms with Gasteiger partial charge in [0.25, 0.3) is 0 Å². The van der Waals surface area contributed by atoms with Crippen molar-refractivity contribution in [3.05, 3.63) is 40.2 Å². The lowest BCUT2D eigenvalue weighted by atomic mass is 10.1. The Bertz CT molecular complexity index is 718. The van der Waals surface area contributed by atoms with Crippen LogP contribution in [0.2, 0.25) is 0 Å². The van der Waals surface area contributed by atoms with E-state index >= 15 is 0 Å². The molecule has 5 nitrogen and oxygen atoms in total. The Hall–Kier alpha value is -2.14. The third-order valence-corrected chi connectivity index (χ3v) is 3.23. The Morgan fingerprint density at radius 2 is 2.05 bits per heavy atom. The van der Waals surface area contributed by atoms with Gasteiger partial charge in [-0.25, -0.2) is 9.59 Å². The fourth-order valence-corrected chi connectivity index (χ4v) is 2.23. The lowest BCUT2D eigenvalue weighted by Crippen LogP contribution is -2.66. The minimum absolute atomic E-state index is 0.360. The van der Waals surface area contributed by atoms with Gasteiger partial charge in [-0.15, -0.1) is 0 Å². The van der Waals surface area contributed by atoms with Crippen molar-refractivity contribution in [1.82, 2.24) is 0 Å². The monoisotopic (exact) mass is 290 g/mol. The second-order valence-electron chi connectivity index (χ2n) is 5.65. The fourth-order valence-electron chi connectivity index (χ4n) is 2.23. The Morgan fingerprint density at radius 3 is 2.71 bits per heavy atom. The van der Waals surface area contributed by atoms with Crippen molar-refractivity contribution in [3.63, 3.8) is 0 Å². The SMILES string of the molecule is Cc1cc(=O)oc2cc(OC(=O)[C@H]([NH3+])CC(C)C)ccc12. The normalized spacial score (nSPS) is 12.6. The van der Waals surface area contributed by atoms with Crippen LogP contribution in [-0.4, -0.2) is 12.0 Å². The number of rotatable bonds is 4. The number of fused-ring (bicyclic) bond motifs is 1. The summed E-state index contributed by atoms with van der Waals surface area (Å²) in [6, 6.07) is 6.04. The van der Waals surface area contributed by atoms with E-state index in [1.807, 2.05) is 20.8 Å². The van der Waals surface area contributed by atoms with Gasteiger partial charge in [0.15, 0.2) is 6.04 Å². The second kappa shape index (κ2) is 6.10. The number of aryl methyl sites for hydroxylation is 1. The van der Waals surface area contributed by atoms with Gasteiger partial charge in [0.05, 0.1) is 0 Å². The smallest absolute Gasteiger partial charge is 0.370 e. The highest BCUT2D eigenvalue weighted by molar-refractivity contribution is 5.83. The summed E-state index contributed by atoms with van der Waals surface area (Å²) in [5, 5.41) is 0.822. The molecule has 0 spiro atoms. The maximum absolute atomic E-state index is 11.9. The third kappa shape index (κ3) is 3.70. The van der Waals surface area contributed by atoms with Gasteiger partial charge >= 0.3 is 11.6 Å². The molecule has 0 aliphatic rings. The lowest BCUT2D eigenvalue weighted by Gasteiger charge is -2.11.